The van der Waals surface area contributed by atoms with E-state index in [9.17, 15) is 9.90 Å². The first-order chi connectivity index (χ1) is 9.90. The van der Waals surface area contributed by atoms with Gasteiger partial charge in [0.2, 0.25) is 0 Å². The Morgan fingerprint density at radius 3 is 2.19 bits per heavy atom. The van der Waals surface area contributed by atoms with Crippen LogP contribution in [0.25, 0.3) is 0 Å². The average molecular weight is 326 g/mol. The van der Waals surface area contributed by atoms with E-state index in [1.54, 1.807) is 12.1 Å². The highest BCUT2D eigenvalue weighted by Gasteiger charge is 2.20. The first-order valence-corrected chi connectivity index (χ1v) is 8.12. The minimum atomic E-state index is -0.927. The smallest absolute Gasteiger partial charge is 0.311 e. The third-order valence-electron chi connectivity index (χ3n) is 2.73. The Balaban J connectivity index is 2.66. The van der Waals surface area contributed by atoms with Crippen molar-refractivity contribution in [1.29, 1.82) is 10.8 Å². The van der Waals surface area contributed by atoms with Gasteiger partial charge in [0.15, 0.2) is 10.3 Å². The minimum Gasteiger partial charge on any atom is -0.481 e. The molecule has 0 aromatic heterocycles. The normalized spacial score (nSPS) is 11.8. The van der Waals surface area contributed by atoms with Crippen LogP contribution in [0, 0.1) is 10.8 Å². The second kappa shape index (κ2) is 8.58. The van der Waals surface area contributed by atoms with Crippen LogP contribution in [-0.4, -0.2) is 32.9 Å². The van der Waals surface area contributed by atoms with Crippen LogP contribution in [0.1, 0.15) is 17.0 Å². The summed E-state index contributed by atoms with van der Waals surface area (Å²) in [6.07, 6.45) is 0.768. The lowest BCUT2D eigenvalue weighted by Gasteiger charge is -2.12. The molecule has 1 aromatic rings. The summed E-state index contributed by atoms with van der Waals surface area (Å²) >= 11 is 2.30. The fraction of sp³-hybridized carbons (Fsp3) is 0.308. The highest BCUT2D eigenvalue weighted by atomic mass is 32.2. The third-order valence-corrected chi connectivity index (χ3v) is 4.26. The van der Waals surface area contributed by atoms with E-state index in [1.807, 2.05) is 12.1 Å². The van der Waals surface area contributed by atoms with Crippen LogP contribution < -0.4 is 11.5 Å². The van der Waals surface area contributed by atoms with Gasteiger partial charge >= 0.3 is 5.97 Å². The number of amidine groups is 2. The first kappa shape index (κ1) is 17.4. The van der Waals surface area contributed by atoms with Gasteiger partial charge in [0.05, 0.1) is 5.92 Å². The van der Waals surface area contributed by atoms with Crippen LogP contribution >= 0.6 is 23.5 Å². The van der Waals surface area contributed by atoms with Gasteiger partial charge in [-0.25, -0.2) is 0 Å². The molecule has 1 atom stereocenters. The molecule has 0 radical (unpaired) electrons. The van der Waals surface area contributed by atoms with E-state index in [1.165, 1.54) is 11.8 Å². The van der Waals surface area contributed by atoms with E-state index < -0.39 is 11.9 Å². The Morgan fingerprint density at radius 1 is 1.14 bits per heavy atom. The number of hydrogen-bond acceptors (Lipinski definition) is 5. The largest absolute Gasteiger partial charge is 0.481 e. The van der Waals surface area contributed by atoms with Gasteiger partial charge in [0.25, 0.3) is 0 Å². The summed E-state index contributed by atoms with van der Waals surface area (Å²) in [6, 6.07) is 7.33. The van der Waals surface area contributed by atoms with Crippen LogP contribution in [0.2, 0.25) is 0 Å². The van der Waals surface area contributed by atoms with Gasteiger partial charge in [-0.15, -0.1) is 0 Å². The SMILES string of the molecule is N=C(N)SCCc1ccc([C@H](CSC(=N)N)C(=O)O)cc1. The summed E-state index contributed by atoms with van der Waals surface area (Å²) < 4.78 is 0. The number of rotatable bonds is 7. The molecule has 0 saturated heterocycles. The molecule has 0 bridgehead atoms. The van der Waals surface area contributed by atoms with Crippen LogP contribution in [0.15, 0.2) is 24.3 Å². The van der Waals surface area contributed by atoms with Crippen molar-refractivity contribution in [2.24, 2.45) is 11.5 Å². The number of carbonyl (C=O) groups is 1. The van der Waals surface area contributed by atoms with Crippen molar-refractivity contribution >= 4 is 39.8 Å². The number of aliphatic carboxylic acids is 1. The summed E-state index contributed by atoms with van der Waals surface area (Å²) in [6.45, 7) is 0. The molecule has 0 aliphatic heterocycles. The van der Waals surface area contributed by atoms with Crippen LogP contribution in [0.3, 0.4) is 0 Å². The van der Waals surface area contributed by atoms with Crippen molar-refractivity contribution < 1.29 is 9.90 Å². The molecule has 0 aliphatic rings. The summed E-state index contributed by atoms with van der Waals surface area (Å²) in [5, 5.41) is 23.5. The predicted octanol–water partition coefficient (Wildman–Crippen LogP) is 1.65. The number of nitrogens with two attached hydrogens (primary N) is 2. The molecular weight excluding hydrogens is 308 g/mol. The number of carboxylic acid groups (broad SMARTS) is 1. The zero-order chi connectivity index (χ0) is 15.8. The van der Waals surface area contributed by atoms with E-state index >= 15 is 0 Å². The fourth-order valence-corrected chi connectivity index (χ4v) is 2.92. The Kier molecular flexibility index (Phi) is 7.10. The molecule has 0 saturated carbocycles. The molecule has 0 amide bonds. The minimum absolute atomic E-state index is 0.0841. The topological polar surface area (TPSA) is 137 Å². The van der Waals surface area contributed by atoms with E-state index in [0.29, 0.717) is 5.56 Å². The molecule has 0 unspecified atom stereocenters. The molecule has 0 aliphatic carbocycles. The fourth-order valence-electron chi connectivity index (χ4n) is 1.68. The summed E-state index contributed by atoms with van der Waals surface area (Å²) in [5.41, 5.74) is 12.3. The van der Waals surface area contributed by atoms with Crippen molar-refractivity contribution in [2.75, 3.05) is 11.5 Å². The van der Waals surface area contributed by atoms with Gasteiger partial charge in [0.1, 0.15) is 0 Å². The number of hydrogen-bond donors (Lipinski definition) is 5. The quantitative estimate of drug-likeness (QED) is 0.381. The van der Waals surface area contributed by atoms with E-state index in [4.69, 9.17) is 22.3 Å². The van der Waals surface area contributed by atoms with E-state index in [-0.39, 0.29) is 16.1 Å². The molecule has 0 fully saturated rings. The highest BCUT2D eigenvalue weighted by molar-refractivity contribution is 8.13. The number of nitrogens with one attached hydrogen (secondary N) is 2. The molecule has 1 rings (SSSR count). The van der Waals surface area contributed by atoms with Gasteiger partial charge in [-0.1, -0.05) is 47.8 Å². The lowest BCUT2D eigenvalue weighted by Crippen LogP contribution is -2.17. The van der Waals surface area contributed by atoms with Crippen molar-refractivity contribution in [3.8, 4) is 0 Å². The maximum absolute atomic E-state index is 11.3. The predicted molar refractivity (Wildman–Crippen MR) is 89.3 cm³/mol. The van der Waals surface area contributed by atoms with Crippen LogP contribution in [0.4, 0.5) is 0 Å². The number of benzene rings is 1. The average Bonchev–Trinajstić information content (AvgIpc) is 2.39. The molecule has 114 valence electrons. The van der Waals surface area contributed by atoms with Crippen LogP contribution in [-0.2, 0) is 11.2 Å². The summed E-state index contributed by atoms with van der Waals surface area (Å²) in [4.78, 5) is 11.3. The Labute approximate surface area is 131 Å². The number of thioether (sulfide) groups is 2. The molecule has 21 heavy (non-hydrogen) atoms. The third kappa shape index (κ3) is 6.54. The zero-order valence-corrected chi connectivity index (χ0v) is 13.0. The van der Waals surface area contributed by atoms with Gasteiger partial charge in [0, 0.05) is 11.5 Å². The second-order valence-corrected chi connectivity index (χ2v) is 6.47. The van der Waals surface area contributed by atoms with E-state index in [0.717, 1.165) is 29.5 Å². The Bertz CT molecular complexity index is 519. The second-order valence-electron chi connectivity index (χ2n) is 4.27. The van der Waals surface area contributed by atoms with Gasteiger partial charge in [-0.05, 0) is 17.5 Å². The molecule has 0 heterocycles. The monoisotopic (exact) mass is 326 g/mol. The lowest BCUT2D eigenvalue weighted by atomic mass is 9.99. The summed E-state index contributed by atoms with van der Waals surface area (Å²) in [5.74, 6) is -0.648. The van der Waals surface area contributed by atoms with Crippen molar-refractivity contribution in [3.05, 3.63) is 35.4 Å². The van der Waals surface area contributed by atoms with Crippen LogP contribution in [0.5, 0.6) is 0 Å². The standard InChI is InChI=1S/C13H18N4O2S2/c14-12(15)20-6-5-8-1-3-9(4-2-8)10(11(18)19)7-21-13(16)17/h1-4,10H,5-7H2,(H3,14,15)(H3,16,17)(H,18,19)/t10-/m0/s1. The van der Waals surface area contributed by atoms with E-state index in [2.05, 4.69) is 0 Å². The zero-order valence-electron chi connectivity index (χ0n) is 11.3. The summed E-state index contributed by atoms with van der Waals surface area (Å²) in [7, 11) is 0. The lowest BCUT2D eigenvalue weighted by molar-refractivity contribution is -0.138. The van der Waals surface area contributed by atoms with Crippen molar-refractivity contribution in [2.45, 2.75) is 12.3 Å². The van der Waals surface area contributed by atoms with Gasteiger partial charge < -0.3 is 16.6 Å². The molecule has 7 N–H and O–H groups in total. The Morgan fingerprint density at radius 2 is 1.71 bits per heavy atom. The maximum Gasteiger partial charge on any atom is 0.311 e. The highest BCUT2D eigenvalue weighted by Crippen LogP contribution is 2.22. The van der Waals surface area contributed by atoms with Crippen molar-refractivity contribution in [1.82, 2.24) is 0 Å². The maximum atomic E-state index is 11.3. The molecule has 1 aromatic carbocycles. The Hall–Kier alpha value is -1.67. The molecule has 8 heteroatoms. The van der Waals surface area contributed by atoms with Gasteiger partial charge in [-0.2, -0.15) is 0 Å². The molecular formula is C13H18N4O2S2. The molecule has 6 nitrogen and oxygen atoms in total. The number of aryl methyl sites for hydroxylation is 1. The van der Waals surface area contributed by atoms with Gasteiger partial charge in [-0.3, -0.25) is 15.6 Å². The number of carboxylic acids is 1. The molecule has 0 spiro atoms. The van der Waals surface area contributed by atoms with Crippen molar-refractivity contribution in [3.63, 3.8) is 0 Å². The first-order valence-electron chi connectivity index (χ1n) is 6.15.